The van der Waals surface area contributed by atoms with E-state index < -0.39 is 17.9 Å². The Kier molecular flexibility index (Phi) is 7.14. The highest BCUT2D eigenvalue weighted by Gasteiger charge is 2.25. The molecule has 3 aromatic rings. The molecule has 3 aromatic carbocycles. The van der Waals surface area contributed by atoms with Crippen LogP contribution in [0, 0.1) is 35.2 Å². The van der Waals surface area contributed by atoms with Gasteiger partial charge in [-0.05, 0) is 53.6 Å². The van der Waals surface area contributed by atoms with E-state index in [-0.39, 0.29) is 11.4 Å². The van der Waals surface area contributed by atoms with Gasteiger partial charge in [0.2, 0.25) is 0 Å². The number of unbranched alkanes of at least 4 members (excludes halogenated alkanes) is 2. The Morgan fingerprint density at radius 3 is 2.25 bits per heavy atom. The molecule has 0 saturated carbocycles. The van der Waals surface area contributed by atoms with E-state index in [1.54, 1.807) is 24.3 Å². The average Bonchev–Trinajstić information content (AvgIpc) is 2.79. The molecule has 2 nitrogen and oxygen atoms in total. The van der Waals surface area contributed by atoms with Gasteiger partial charge in [-0.2, -0.15) is 0 Å². The lowest BCUT2D eigenvalue weighted by Gasteiger charge is -2.29. The fourth-order valence-electron chi connectivity index (χ4n) is 3.86. The van der Waals surface area contributed by atoms with Gasteiger partial charge in [0.15, 0.2) is 6.29 Å². The molecule has 0 spiro atoms. The molecule has 1 aliphatic rings. The zero-order valence-electron chi connectivity index (χ0n) is 18.0. The van der Waals surface area contributed by atoms with Crippen LogP contribution in [0.1, 0.15) is 55.6 Å². The number of ether oxygens (including phenoxy) is 2. The van der Waals surface area contributed by atoms with E-state index in [0.29, 0.717) is 30.3 Å². The molecule has 0 atom stereocenters. The molecular formula is C27H25F3O2. The summed E-state index contributed by atoms with van der Waals surface area (Å²) in [5, 5.41) is 1.53. The molecule has 5 heteroatoms. The first-order chi connectivity index (χ1) is 15.5. The molecule has 4 rings (SSSR count). The molecule has 32 heavy (non-hydrogen) atoms. The van der Waals surface area contributed by atoms with E-state index in [0.717, 1.165) is 30.0 Å². The third-order valence-electron chi connectivity index (χ3n) is 5.65. The van der Waals surface area contributed by atoms with Crippen molar-refractivity contribution in [3.63, 3.8) is 0 Å². The minimum atomic E-state index is -0.774. The van der Waals surface area contributed by atoms with Crippen molar-refractivity contribution in [2.24, 2.45) is 5.92 Å². The van der Waals surface area contributed by atoms with Crippen LogP contribution in [0.2, 0.25) is 0 Å². The van der Waals surface area contributed by atoms with Gasteiger partial charge in [0.1, 0.15) is 17.5 Å². The van der Waals surface area contributed by atoms with Crippen molar-refractivity contribution in [2.75, 3.05) is 13.2 Å². The Morgan fingerprint density at radius 1 is 0.844 bits per heavy atom. The van der Waals surface area contributed by atoms with E-state index in [1.807, 2.05) is 0 Å². The average molecular weight is 438 g/mol. The van der Waals surface area contributed by atoms with Gasteiger partial charge >= 0.3 is 0 Å². The smallest absolute Gasteiger partial charge is 0.184 e. The molecule has 0 N–H and O–H groups in total. The number of hydrogen-bond donors (Lipinski definition) is 0. The standard InChI is InChI=1S/C27H25F3O2/c1-2-3-4-5-19-16-31-27(32-17-19)22-14-25(29)24(26(30)15-22)11-7-18-6-8-21-13-23(28)10-9-20(21)12-18/h6,8-10,12-15,19,27H,2-5,16-17H2,1H3. The van der Waals surface area contributed by atoms with Crippen molar-refractivity contribution in [1.29, 1.82) is 0 Å². The normalized spacial score (nSPS) is 18.4. The third-order valence-corrected chi connectivity index (χ3v) is 5.65. The van der Waals surface area contributed by atoms with Crippen LogP contribution < -0.4 is 0 Å². The van der Waals surface area contributed by atoms with Gasteiger partial charge in [0, 0.05) is 17.0 Å². The first kappa shape index (κ1) is 22.4. The van der Waals surface area contributed by atoms with Crippen LogP contribution in [-0.4, -0.2) is 13.2 Å². The van der Waals surface area contributed by atoms with Gasteiger partial charge in [0.25, 0.3) is 0 Å². The lowest BCUT2D eigenvalue weighted by atomic mass is 10.0. The molecule has 1 fully saturated rings. The van der Waals surface area contributed by atoms with Crippen LogP contribution in [0.4, 0.5) is 13.2 Å². The molecule has 166 valence electrons. The summed E-state index contributed by atoms with van der Waals surface area (Å²) >= 11 is 0. The zero-order valence-corrected chi connectivity index (χ0v) is 18.0. The first-order valence-corrected chi connectivity index (χ1v) is 11.0. The van der Waals surface area contributed by atoms with Crippen molar-refractivity contribution in [3.05, 3.63) is 82.7 Å². The summed E-state index contributed by atoms with van der Waals surface area (Å²) in [4.78, 5) is 0. The van der Waals surface area contributed by atoms with Gasteiger partial charge < -0.3 is 9.47 Å². The van der Waals surface area contributed by atoms with Gasteiger partial charge in [-0.15, -0.1) is 0 Å². The number of hydrogen-bond acceptors (Lipinski definition) is 2. The number of halogens is 3. The van der Waals surface area contributed by atoms with Gasteiger partial charge in [-0.3, -0.25) is 0 Å². The minimum Gasteiger partial charge on any atom is -0.348 e. The predicted octanol–water partition coefficient (Wildman–Crippen LogP) is 6.90. The predicted molar refractivity (Wildman–Crippen MR) is 119 cm³/mol. The lowest BCUT2D eigenvalue weighted by Crippen LogP contribution is -2.27. The summed E-state index contributed by atoms with van der Waals surface area (Å²) in [6.45, 7) is 3.20. The Bertz CT molecular complexity index is 1130. The van der Waals surface area contributed by atoms with E-state index in [4.69, 9.17) is 9.47 Å². The topological polar surface area (TPSA) is 18.5 Å². The van der Waals surface area contributed by atoms with Crippen LogP contribution in [0.5, 0.6) is 0 Å². The maximum Gasteiger partial charge on any atom is 0.184 e. The Balaban J connectivity index is 1.47. The largest absolute Gasteiger partial charge is 0.348 e. The maximum absolute atomic E-state index is 14.7. The number of fused-ring (bicyclic) bond motifs is 1. The molecule has 1 saturated heterocycles. The molecule has 0 radical (unpaired) electrons. The summed E-state index contributed by atoms with van der Waals surface area (Å²) in [5.41, 5.74) is 0.589. The quantitative estimate of drug-likeness (QED) is 0.319. The van der Waals surface area contributed by atoms with E-state index in [1.165, 1.54) is 30.7 Å². The Morgan fingerprint density at radius 2 is 1.53 bits per heavy atom. The first-order valence-electron chi connectivity index (χ1n) is 11.0. The third kappa shape index (κ3) is 5.32. The summed E-state index contributed by atoms with van der Waals surface area (Å²) < 4.78 is 54.1. The molecule has 0 aromatic heterocycles. The van der Waals surface area contributed by atoms with Crippen molar-refractivity contribution < 1.29 is 22.6 Å². The van der Waals surface area contributed by atoms with Crippen LogP contribution in [0.15, 0.2) is 48.5 Å². The van der Waals surface area contributed by atoms with Crippen molar-refractivity contribution >= 4 is 10.8 Å². The monoisotopic (exact) mass is 438 g/mol. The van der Waals surface area contributed by atoms with Crippen LogP contribution in [0.25, 0.3) is 10.8 Å². The SMILES string of the molecule is CCCCCC1COC(c2cc(F)c(C#Cc3ccc4cc(F)ccc4c3)c(F)c2)OC1. The Labute approximate surface area is 186 Å². The summed E-state index contributed by atoms with van der Waals surface area (Å²) in [5.74, 6) is 3.86. The second-order valence-corrected chi connectivity index (χ2v) is 8.18. The molecular weight excluding hydrogens is 413 g/mol. The van der Waals surface area contributed by atoms with Gasteiger partial charge in [-0.1, -0.05) is 50.2 Å². The second-order valence-electron chi connectivity index (χ2n) is 8.18. The molecule has 0 unspecified atom stereocenters. The highest BCUT2D eigenvalue weighted by Crippen LogP contribution is 2.29. The highest BCUT2D eigenvalue weighted by molar-refractivity contribution is 5.84. The fourth-order valence-corrected chi connectivity index (χ4v) is 3.86. The summed E-state index contributed by atoms with van der Waals surface area (Å²) in [6.07, 6.45) is 3.72. The van der Waals surface area contributed by atoms with Gasteiger partial charge in [-0.25, -0.2) is 13.2 Å². The van der Waals surface area contributed by atoms with E-state index >= 15 is 0 Å². The van der Waals surface area contributed by atoms with Crippen molar-refractivity contribution in [1.82, 2.24) is 0 Å². The molecule has 0 aliphatic carbocycles. The summed E-state index contributed by atoms with van der Waals surface area (Å²) in [7, 11) is 0. The fraction of sp³-hybridized carbons (Fsp3) is 0.333. The van der Waals surface area contributed by atoms with Crippen molar-refractivity contribution in [3.8, 4) is 11.8 Å². The molecule has 0 amide bonds. The molecule has 1 aliphatic heterocycles. The maximum atomic E-state index is 14.7. The molecule has 1 heterocycles. The van der Waals surface area contributed by atoms with Crippen LogP contribution in [-0.2, 0) is 9.47 Å². The highest BCUT2D eigenvalue weighted by atomic mass is 19.1. The Hall–Kier alpha value is -2.81. The van der Waals surface area contributed by atoms with Crippen molar-refractivity contribution in [2.45, 2.75) is 38.9 Å². The molecule has 0 bridgehead atoms. The van der Waals surface area contributed by atoms with E-state index in [9.17, 15) is 13.2 Å². The number of rotatable bonds is 5. The lowest BCUT2D eigenvalue weighted by molar-refractivity contribution is -0.206. The number of benzene rings is 3. The van der Waals surface area contributed by atoms with E-state index in [2.05, 4.69) is 18.8 Å². The zero-order chi connectivity index (χ0) is 22.5. The van der Waals surface area contributed by atoms with Gasteiger partial charge in [0.05, 0.1) is 18.8 Å². The van der Waals surface area contributed by atoms with Crippen LogP contribution in [0.3, 0.4) is 0 Å². The second kappa shape index (κ2) is 10.2. The minimum absolute atomic E-state index is 0.304. The van der Waals surface area contributed by atoms with Crippen LogP contribution >= 0.6 is 0 Å². The summed E-state index contributed by atoms with van der Waals surface area (Å²) in [6, 6.07) is 12.0.